The van der Waals surface area contributed by atoms with Crippen LogP contribution in [0.15, 0.2) is 223 Å². The molecule has 0 amide bonds. The van der Waals surface area contributed by atoms with E-state index in [2.05, 4.69) is 217 Å². The first kappa shape index (κ1) is 36.5. The van der Waals surface area contributed by atoms with Gasteiger partial charge in [-0.3, -0.25) is 0 Å². The van der Waals surface area contributed by atoms with Crippen LogP contribution < -0.4 is 0 Å². The molecule has 0 spiro atoms. The van der Waals surface area contributed by atoms with Crippen molar-refractivity contribution in [3.63, 3.8) is 0 Å². The molecule has 306 valence electrons. The SMILES string of the molecule is c1ccc(-c2cccc(-c3nc(-c4ccc5ccccc5c4)nc(-c4ccc5c(oc6c7ccccc7ccc56)c4-n4c5cc6ccccc6cc5c5c6ccccc6ccc54)n3)c2)cc1. The van der Waals surface area contributed by atoms with E-state index in [-0.39, 0.29) is 0 Å². The Balaban J connectivity index is 1.13. The first-order valence-electron chi connectivity index (χ1n) is 22.3. The van der Waals surface area contributed by atoms with Crippen LogP contribution in [0.1, 0.15) is 0 Å². The molecule has 14 rings (SSSR count). The number of furan rings is 1. The number of hydrogen-bond acceptors (Lipinski definition) is 4. The van der Waals surface area contributed by atoms with E-state index in [1.807, 2.05) is 6.07 Å². The summed E-state index contributed by atoms with van der Waals surface area (Å²) in [6.45, 7) is 0. The van der Waals surface area contributed by atoms with E-state index in [1.54, 1.807) is 0 Å². The van der Waals surface area contributed by atoms with E-state index in [0.717, 1.165) is 98.8 Å². The van der Waals surface area contributed by atoms with Gasteiger partial charge in [0, 0.05) is 43.6 Å². The summed E-state index contributed by atoms with van der Waals surface area (Å²) in [4.78, 5) is 16.2. The maximum atomic E-state index is 7.31. The van der Waals surface area contributed by atoms with Gasteiger partial charge in [-0.2, -0.15) is 0 Å². The fourth-order valence-electron chi connectivity index (χ4n) is 10.2. The lowest BCUT2D eigenvalue weighted by Crippen LogP contribution is -2.04. The molecule has 0 aliphatic rings. The number of rotatable bonds is 5. The van der Waals surface area contributed by atoms with E-state index >= 15 is 0 Å². The number of fused-ring (bicyclic) bond motifs is 12. The molecular formula is C61H36N4O. The summed E-state index contributed by atoms with van der Waals surface area (Å²) in [6, 6.07) is 77.5. The second-order valence-corrected chi connectivity index (χ2v) is 17.2. The molecule has 0 aliphatic heterocycles. The summed E-state index contributed by atoms with van der Waals surface area (Å²) in [5, 5.41) is 13.6. The predicted octanol–water partition coefficient (Wildman–Crippen LogP) is 16.1. The van der Waals surface area contributed by atoms with Crippen LogP contribution in [0.25, 0.3) is 138 Å². The van der Waals surface area contributed by atoms with Crippen LogP contribution in [0.5, 0.6) is 0 Å². The van der Waals surface area contributed by atoms with Crippen molar-refractivity contribution in [2.75, 3.05) is 0 Å². The van der Waals surface area contributed by atoms with Crippen molar-refractivity contribution in [1.29, 1.82) is 0 Å². The zero-order chi connectivity index (χ0) is 43.3. The van der Waals surface area contributed by atoms with Gasteiger partial charge in [-0.05, 0) is 97.4 Å². The average Bonchev–Trinajstić information content (AvgIpc) is 3.93. The summed E-state index contributed by atoms with van der Waals surface area (Å²) in [7, 11) is 0. The highest BCUT2D eigenvalue weighted by atomic mass is 16.3. The summed E-state index contributed by atoms with van der Waals surface area (Å²) < 4.78 is 9.71. The molecule has 0 saturated carbocycles. The van der Waals surface area contributed by atoms with Gasteiger partial charge in [-0.1, -0.05) is 170 Å². The molecule has 3 heterocycles. The highest BCUT2D eigenvalue weighted by Crippen LogP contribution is 2.46. The zero-order valence-electron chi connectivity index (χ0n) is 35.5. The number of aromatic nitrogens is 4. The molecule has 0 radical (unpaired) electrons. The molecule has 0 N–H and O–H groups in total. The van der Waals surface area contributed by atoms with Crippen LogP contribution in [0.2, 0.25) is 0 Å². The monoisotopic (exact) mass is 840 g/mol. The van der Waals surface area contributed by atoms with Crippen molar-refractivity contribution in [3.05, 3.63) is 218 Å². The lowest BCUT2D eigenvalue weighted by molar-refractivity contribution is 0.670. The maximum absolute atomic E-state index is 7.31. The number of benzene rings is 11. The Kier molecular flexibility index (Phi) is 7.91. The van der Waals surface area contributed by atoms with Crippen LogP contribution in [0, 0.1) is 0 Å². The van der Waals surface area contributed by atoms with E-state index in [4.69, 9.17) is 19.4 Å². The predicted molar refractivity (Wildman–Crippen MR) is 273 cm³/mol. The minimum atomic E-state index is 0.548. The van der Waals surface area contributed by atoms with Gasteiger partial charge in [0.15, 0.2) is 23.1 Å². The zero-order valence-corrected chi connectivity index (χ0v) is 35.5. The molecule has 5 nitrogen and oxygen atoms in total. The smallest absolute Gasteiger partial charge is 0.166 e. The van der Waals surface area contributed by atoms with Crippen LogP contribution in [-0.4, -0.2) is 19.5 Å². The van der Waals surface area contributed by atoms with Crippen molar-refractivity contribution in [3.8, 4) is 51.0 Å². The van der Waals surface area contributed by atoms with E-state index < -0.39 is 0 Å². The minimum Gasteiger partial charge on any atom is -0.453 e. The maximum Gasteiger partial charge on any atom is 0.166 e. The fraction of sp³-hybridized carbons (Fsp3) is 0. The largest absolute Gasteiger partial charge is 0.453 e. The van der Waals surface area contributed by atoms with Gasteiger partial charge >= 0.3 is 0 Å². The van der Waals surface area contributed by atoms with Crippen molar-refractivity contribution in [1.82, 2.24) is 19.5 Å². The van der Waals surface area contributed by atoms with Crippen LogP contribution in [-0.2, 0) is 0 Å². The highest BCUT2D eigenvalue weighted by molar-refractivity contribution is 6.25. The first-order valence-corrected chi connectivity index (χ1v) is 22.3. The number of hydrogen-bond donors (Lipinski definition) is 0. The molecule has 0 fully saturated rings. The van der Waals surface area contributed by atoms with Gasteiger partial charge in [-0.15, -0.1) is 0 Å². The third kappa shape index (κ3) is 5.63. The molecule has 14 aromatic rings. The molecule has 11 aromatic carbocycles. The van der Waals surface area contributed by atoms with Crippen LogP contribution in [0.4, 0.5) is 0 Å². The molecule has 3 aromatic heterocycles. The summed E-state index contributed by atoms with van der Waals surface area (Å²) >= 11 is 0. The molecule has 0 atom stereocenters. The van der Waals surface area contributed by atoms with Gasteiger partial charge < -0.3 is 8.98 Å². The lowest BCUT2D eigenvalue weighted by Gasteiger charge is -2.16. The molecule has 0 unspecified atom stereocenters. The Morgan fingerprint density at radius 2 is 0.864 bits per heavy atom. The van der Waals surface area contributed by atoms with Gasteiger partial charge in [0.2, 0.25) is 0 Å². The molecular weight excluding hydrogens is 805 g/mol. The molecule has 0 saturated heterocycles. The molecule has 66 heavy (non-hydrogen) atoms. The summed E-state index contributed by atoms with van der Waals surface area (Å²) in [5.74, 6) is 1.72. The fourth-order valence-corrected chi connectivity index (χ4v) is 10.2. The normalized spacial score (nSPS) is 11.9. The molecule has 0 aliphatic carbocycles. The molecule has 0 bridgehead atoms. The van der Waals surface area contributed by atoms with E-state index in [1.165, 1.54) is 21.5 Å². The average molecular weight is 841 g/mol. The Morgan fingerprint density at radius 1 is 0.303 bits per heavy atom. The van der Waals surface area contributed by atoms with Gasteiger partial charge in [0.25, 0.3) is 0 Å². The first-order chi connectivity index (χ1) is 32.7. The lowest BCUT2D eigenvalue weighted by atomic mass is 10.0. The van der Waals surface area contributed by atoms with Crippen molar-refractivity contribution < 1.29 is 4.42 Å². The Bertz CT molecular complexity index is 4300. The summed E-state index contributed by atoms with van der Waals surface area (Å²) in [6.07, 6.45) is 0. The van der Waals surface area contributed by atoms with Gasteiger partial charge in [-0.25, -0.2) is 15.0 Å². The van der Waals surface area contributed by atoms with Crippen LogP contribution >= 0.6 is 0 Å². The third-order valence-corrected chi connectivity index (χ3v) is 13.4. The minimum absolute atomic E-state index is 0.548. The third-order valence-electron chi connectivity index (χ3n) is 13.4. The topological polar surface area (TPSA) is 56.7 Å². The second kappa shape index (κ2) is 14.3. The quantitative estimate of drug-likeness (QED) is 0.173. The second-order valence-electron chi connectivity index (χ2n) is 17.2. The summed E-state index contributed by atoms with van der Waals surface area (Å²) in [5.41, 5.74) is 9.47. The van der Waals surface area contributed by atoms with Crippen molar-refractivity contribution in [2.45, 2.75) is 0 Å². The van der Waals surface area contributed by atoms with Crippen LogP contribution in [0.3, 0.4) is 0 Å². The number of nitrogens with zero attached hydrogens (tertiary/aromatic N) is 4. The Morgan fingerprint density at radius 3 is 1.67 bits per heavy atom. The highest BCUT2D eigenvalue weighted by Gasteiger charge is 2.26. The van der Waals surface area contributed by atoms with Gasteiger partial charge in [0.05, 0.1) is 11.0 Å². The Labute approximate surface area is 378 Å². The van der Waals surface area contributed by atoms with E-state index in [9.17, 15) is 0 Å². The van der Waals surface area contributed by atoms with Crippen molar-refractivity contribution >= 4 is 86.8 Å². The van der Waals surface area contributed by atoms with Crippen molar-refractivity contribution in [2.24, 2.45) is 0 Å². The standard InChI is InChI=1S/C61H36N4O/c1-2-13-37(14-3-1)42-21-12-22-45(33-42)59-62-60(46-26-25-38-15-4-5-18-41(38)34-46)64-61(63-59)51-31-30-50-49-29-27-40-17-9-11-24-48(40)57(49)66-58(50)56(51)65-53-32-28-39-16-8-10-23-47(39)55(53)52-35-43-19-6-7-20-44(43)36-54(52)65/h1-36H. The van der Waals surface area contributed by atoms with E-state index in [0.29, 0.717) is 17.5 Å². The van der Waals surface area contributed by atoms with Gasteiger partial charge in [0.1, 0.15) is 11.3 Å². The molecule has 5 heteroatoms. The Hall–Kier alpha value is -8.93.